The quantitative estimate of drug-likeness (QED) is 0.775. The number of rotatable bonds is 2. The molecule has 1 aliphatic heterocycles. The molecular weight excluding hydrogens is 302 g/mol. The summed E-state index contributed by atoms with van der Waals surface area (Å²) in [5, 5.41) is 0. The minimum atomic E-state index is -0.535. The van der Waals surface area contributed by atoms with Crippen molar-refractivity contribution in [2.24, 2.45) is 5.92 Å². The highest BCUT2D eigenvalue weighted by Crippen LogP contribution is 2.41. The Hall–Kier alpha value is -1.84. The van der Waals surface area contributed by atoms with Crippen LogP contribution in [0, 0.1) is 5.92 Å². The predicted octanol–water partition coefficient (Wildman–Crippen LogP) is 3.80. The molecule has 130 valence electrons. The third-order valence-corrected chi connectivity index (χ3v) is 5.02. The van der Waals surface area contributed by atoms with Gasteiger partial charge in [0.05, 0.1) is 0 Å². The normalized spacial score (nSPS) is 26.8. The Bertz CT molecular complexity index is 605. The molecule has 3 unspecified atom stereocenters. The summed E-state index contributed by atoms with van der Waals surface area (Å²) in [4.78, 5) is 27.7. The van der Waals surface area contributed by atoms with Crippen molar-refractivity contribution in [3.63, 3.8) is 0 Å². The average molecular weight is 329 g/mol. The minimum Gasteiger partial charge on any atom is -0.458 e. The molecule has 0 aromatic heterocycles. The molecule has 0 spiro atoms. The Morgan fingerprint density at radius 3 is 2.42 bits per heavy atom. The van der Waals surface area contributed by atoms with Crippen LogP contribution in [0.1, 0.15) is 63.2 Å². The van der Waals surface area contributed by atoms with Gasteiger partial charge in [0.25, 0.3) is 5.91 Å². The van der Waals surface area contributed by atoms with E-state index in [2.05, 4.69) is 0 Å². The predicted molar refractivity (Wildman–Crippen MR) is 92.6 cm³/mol. The van der Waals surface area contributed by atoms with Gasteiger partial charge in [-0.25, -0.2) is 4.79 Å². The van der Waals surface area contributed by atoms with Crippen molar-refractivity contribution in [2.45, 2.75) is 70.6 Å². The SMILES string of the molecule is CC(C)(C)OC(=O)C1CC2CCCCC2N1C(=O)c1ccccc1. The summed E-state index contributed by atoms with van der Waals surface area (Å²) in [7, 11) is 0. The van der Waals surface area contributed by atoms with Gasteiger partial charge in [-0.2, -0.15) is 0 Å². The Morgan fingerprint density at radius 1 is 1.08 bits per heavy atom. The summed E-state index contributed by atoms with van der Waals surface area (Å²) in [6.07, 6.45) is 5.14. The summed E-state index contributed by atoms with van der Waals surface area (Å²) in [5.41, 5.74) is 0.115. The lowest BCUT2D eigenvalue weighted by molar-refractivity contribution is -0.159. The minimum absolute atomic E-state index is 0.0409. The zero-order valence-corrected chi connectivity index (χ0v) is 14.8. The van der Waals surface area contributed by atoms with Gasteiger partial charge in [-0.05, 0) is 58.1 Å². The highest BCUT2D eigenvalue weighted by molar-refractivity contribution is 5.97. The van der Waals surface area contributed by atoms with E-state index in [1.165, 1.54) is 6.42 Å². The molecule has 4 nitrogen and oxygen atoms in total. The van der Waals surface area contributed by atoms with Crippen LogP contribution in [0.4, 0.5) is 0 Å². The van der Waals surface area contributed by atoms with Crippen molar-refractivity contribution in [1.29, 1.82) is 0 Å². The van der Waals surface area contributed by atoms with Gasteiger partial charge in [-0.1, -0.05) is 31.0 Å². The van der Waals surface area contributed by atoms with E-state index in [0.29, 0.717) is 11.5 Å². The Labute approximate surface area is 144 Å². The van der Waals surface area contributed by atoms with Crippen LogP contribution in [-0.4, -0.2) is 34.5 Å². The Morgan fingerprint density at radius 2 is 1.75 bits per heavy atom. The van der Waals surface area contributed by atoms with Crippen molar-refractivity contribution >= 4 is 11.9 Å². The van der Waals surface area contributed by atoms with Crippen molar-refractivity contribution in [3.8, 4) is 0 Å². The fourth-order valence-electron chi connectivity index (χ4n) is 4.06. The van der Waals surface area contributed by atoms with Crippen molar-refractivity contribution in [3.05, 3.63) is 35.9 Å². The maximum absolute atomic E-state index is 13.1. The van der Waals surface area contributed by atoms with Gasteiger partial charge < -0.3 is 9.64 Å². The number of nitrogens with zero attached hydrogens (tertiary/aromatic N) is 1. The first-order valence-corrected chi connectivity index (χ1v) is 8.97. The third kappa shape index (κ3) is 3.47. The van der Waals surface area contributed by atoms with Gasteiger partial charge in [0.15, 0.2) is 0 Å². The summed E-state index contributed by atoms with van der Waals surface area (Å²) < 4.78 is 5.61. The molecule has 1 saturated carbocycles. The highest BCUT2D eigenvalue weighted by Gasteiger charge is 2.48. The monoisotopic (exact) mass is 329 g/mol. The van der Waals surface area contributed by atoms with E-state index < -0.39 is 11.6 Å². The zero-order valence-electron chi connectivity index (χ0n) is 14.8. The number of hydrogen-bond acceptors (Lipinski definition) is 3. The summed E-state index contributed by atoms with van der Waals surface area (Å²) in [6.45, 7) is 5.61. The number of carbonyl (C=O) groups is 2. The topological polar surface area (TPSA) is 46.6 Å². The van der Waals surface area contributed by atoms with E-state index in [1.54, 1.807) is 0 Å². The van der Waals surface area contributed by atoms with Crippen LogP contribution >= 0.6 is 0 Å². The van der Waals surface area contributed by atoms with E-state index in [1.807, 2.05) is 56.0 Å². The molecule has 3 atom stereocenters. The molecule has 1 saturated heterocycles. The lowest BCUT2D eigenvalue weighted by Crippen LogP contribution is -2.47. The van der Waals surface area contributed by atoms with E-state index in [0.717, 1.165) is 25.7 Å². The third-order valence-electron chi connectivity index (χ3n) is 5.02. The Kier molecular flexibility index (Phi) is 4.66. The van der Waals surface area contributed by atoms with Crippen molar-refractivity contribution in [2.75, 3.05) is 0 Å². The molecule has 2 aliphatic rings. The Balaban J connectivity index is 1.88. The van der Waals surface area contributed by atoms with Crippen LogP contribution in [0.5, 0.6) is 0 Å². The van der Waals surface area contributed by atoms with Crippen LogP contribution in [0.15, 0.2) is 30.3 Å². The molecule has 1 aliphatic carbocycles. The molecule has 0 N–H and O–H groups in total. The number of hydrogen-bond donors (Lipinski definition) is 0. The van der Waals surface area contributed by atoms with Crippen LogP contribution in [0.3, 0.4) is 0 Å². The molecule has 0 bridgehead atoms. The first-order valence-electron chi connectivity index (χ1n) is 8.97. The van der Waals surface area contributed by atoms with Gasteiger partial charge in [0.1, 0.15) is 11.6 Å². The number of amides is 1. The van der Waals surface area contributed by atoms with Crippen LogP contribution in [0.2, 0.25) is 0 Å². The maximum atomic E-state index is 13.1. The zero-order chi connectivity index (χ0) is 17.3. The van der Waals surface area contributed by atoms with E-state index in [9.17, 15) is 9.59 Å². The first-order chi connectivity index (χ1) is 11.4. The number of esters is 1. The molecule has 24 heavy (non-hydrogen) atoms. The molecule has 1 heterocycles. The van der Waals surface area contributed by atoms with Gasteiger partial charge in [0.2, 0.25) is 0 Å². The smallest absolute Gasteiger partial charge is 0.329 e. The number of fused-ring (bicyclic) bond motifs is 1. The molecule has 1 amide bonds. The summed E-state index contributed by atoms with van der Waals surface area (Å²) in [5.74, 6) is 0.117. The van der Waals surface area contributed by atoms with Gasteiger partial charge >= 0.3 is 5.97 Å². The number of carbonyl (C=O) groups excluding carboxylic acids is 2. The molecular formula is C20H27NO3. The van der Waals surface area contributed by atoms with Crippen LogP contribution < -0.4 is 0 Å². The maximum Gasteiger partial charge on any atom is 0.329 e. The molecule has 1 aromatic rings. The number of ether oxygens (including phenoxy) is 1. The highest BCUT2D eigenvalue weighted by atomic mass is 16.6. The largest absolute Gasteiger partial charge is 0.458 e. The second-order valence-electron chi connectivity index (χ2n) is 7.98. The van der Waals surface area contributed by atoms with Gasteiger partial charge in [-0.15, -0.1) is 0 Å². The van der Waals surface area contributed by atoms with Crippen LogP contribution in [-0.2, 0) is 9.53 Å². The second kappa shape index (κ2) is 6.58. The second-order valence-corrected chi connectivity index (χ2v) is 7.98. The van der Waals surface area contributed by atoms with Crippen molar-refractivity contribution in [1.82, 2.24) is 4.90 Å². The number of benzene rings is 1. The summed E-state index contributed by atoms with van der Waals surface area (Å²) in [6, 6.07) is 8.99. The average Bonchev–Trinajstić information content (AvgIpc) is 2.93. The van der Waals surface area contributed by atoms with E-state index in [4.69, 9.17) is 4.74 Å². The van der Waals surface area contributed by atoms with Gasteiger partial charge in [-0.3, -0.25) is 4.79 Å². The molecule has 2 fully saturated rings. The van der Waals surface area contributed by atoms with Crippen molar-refractivity contribution < 1.29 is 14.3 Å². The molecule has 3 rings (SSSR count). The molecule has 4 heteroatoms. The first kappa shape index (κ1) is 17.0. The number of likely N-dealkylation sites (tertiary alicyclic amines) is 1. The van der Waals surface area contributed by atoms with Crippen LogP contribution in [0.25, 0.3) is 0 Å². The standard InChI is InChI=1S/C20H27NO3/c1-20(2,3)24-19(23)17-13-15-11-7-8-12-16(15)21(17)18(22)14-9-5-4-6-10-14/h4-6,9-10,15-17H,7-8,11-13H2,1-3H3. The lowest BCUT2D eigenvalue weighted by Gasteiger charge is -2.34. The van der Waals surface area contributed by atoms with Gasteiger partial charge in [0, 0.05) is 11.6 Å². The fraction of sp³-hybridized carbons (Fsp3) is 0.600. The van der Waals surface area contributed by atoms with E-state index in [-0.39, 0.29) is 17.9 Å². The molecule has 1 aromatic carbocycles. The lowest BCUT2D eigenvalue weighted by atomic mass is 9.84. The summed E-state index contributed by atoms with van der Waals surface area (Å²) >= 11 is 0. The van der Waals surface area contributed by atoms with E-state index >= 15 is 0 Å². The fourth-order valence-corrected chi connectivity index (χ4v) is 4.06. The molecule has 0 radical (unpaired) electrons.